The van der Waals surface area contributed by atoms with Gasteiger partial charge in [0, 0.05) is 31.1 Å². The van der Waals surface area contributed by atoms with Crippen molar-refractivity contribution in [2.45, 2.75) is 19.8 Å². The Labute approximate surface area is 139 Å². The van der Waals surface area contributed by atoms with Gasteiger partial charge in [-0.15, -0.1) is 0 Å². The van der Waals surface area contributed by atoms with Gasteiger partial charge in [-0.3, -0.25) is 10.3 Å². The first-order chi connectivity index (χ1) is 11.2. The van der Waals surface area contributed by atoms with Crippen molar-refractivity contribution in [2.24, 2.45) is 5.92 Å². The predicted molar refractivity (Wildman–Crippen MR) is 90.6 cm³/mol. The molecule has 2 aromatic heterocycles. The van der Waals surface area contributed by atoms with E-state index < -0.39 is 0 Å². The molecular weight excluding hydrogens is 312 g/mol. The van der Waals surface area contributed by atoms with Gasteiger partial charge in [-0.2, -0.15) is 0 Å². The van der Waals surface area contributed by atoms with E-state index in [1.807, 2.05) is 19.1 Å². The van der Waals surface area contributed by atoms with E-state index in [0.29, 0.717) is 18.3 Å². The average molecular weight is 332 g/mol. The lowest BCUT2D eigenvalue weighted by Gasteiger charge is -2.06. The third-order valence-electron chi connectivity index (χ3n) is 3.52. The van der Waals surface area contributed by atoms with E-state index >= 15 is 0 Å². The number of nitrogens with one attached hydrogen (secondary N) is 2. The zero-order valence-electron chi connectivity index (χ0n) is 13.0. The SMILES string of the molecule is Cc1nc(NC(=O)NCCOCC2CC2)sc1-c1cccnc1. The van der Waals surface area contributed by atoms with E-state index in [0.717, 1.165) is 28.7 Å². The summed E-state index contributed by atoms with van der Waals surface area (Å²) in [4.78, 5) is 21.4. The second-order valence-corrected chi connectivity index (χ2v) is 6.57. The maximum Gasteiger partial charge on any atom is 0.321 e. The van der Waals surface area contributed by atoms with Gasteiger partial charge in [0.05, 0.1) is 17.2 Å². The van der Waals surface area contributed by atoms with Crippen molar-refractivity contribution >= 4 is 22.5 Å². The summed E-state index contributed by atoms with van der Waals surface area (Å²) in [5.74, 6) is 0.744. The second kappa shape index (κ2) is 7.52. The Morgan fingerprint density at radius 3 is 3.09 bits per heavy atom. The van der Waals surface area contributed by atoms with Gasteiger partial charge >= 0.3 is 6.03 Å². The molecule has 1 aliphatic carbocycles. The fourth-order valence-electron chi connectivity index (χ4n) is 2.13. The van der Waals surface area contributed by atoms with Crippen LogP contribution < -0.4 is 10.6 Å². The molecular formula is C16H20N4O2S. The van der Waals surface area contributed by atoms with Gasteiger partial charge in [0.25, 0.3) is 0 Å². The summed E-state index contributed by atoms with van der Waals surface area (Å²) in [5, 5.41) is 6.12. The Balaban J connectivity index is 1.46. The number of pyridine rings is 1. The van der Waals surface area contributed by atoms with Crippen molar-refractivity contribution in [1.82, 2.24) is 15.3 Å². The van der Waals surface area contributed by atoms with E-state index in [4.69, 9.17) is 4.74 Å². The molecule has 1 fully saturated rings. The molecule has 2 heterocycles. The second-order valence-electron chi connectivity index (χ2n) is 5.57. The minimum Gasteiger partial charge on any atom is -0.379 e. The number of carbonyl (C=O) groups excluding carboxylic acids is 1. The van der Waals surface area contributed by atoms with Crippen LogP contribution in [-0.4, -0.2) is 35.8 Å². The van der Waals surface area contributed by atoms with Crippen LogP contribution in [0.3, 0.4) is 0 Å². The lowest BCUT2D eigenvalue weighted by molar-refractivity contribution is 0.127. The highest BCUT2D eigenvalue weighted by Gasteiger charge is 2.20. The molecule has 0 saturated heterocycles. The van der Waals surface area contributed by atoms with Crippen molar-refractivity contribution < 1.29 is 9.53 Å². The van der Waals surface area contributed by atoms with Crippen molar-refractivity contribution in [1.29, 1.82) is 0 Å². The van der Waals surface area contributed by atoms with Crippen molar-refractivity contribution in [3.63, 3.8) is 0 Å². The first-order valence-electron chi connectivity index (χ1n) is 7.73. The summed E-state index contributed by atoms with van der Waals surface area (Å²) < 4.78 is 5.48. The zero-order valence-corrected chi connectivity index (χ0v) is 13.9. The summed E-state index contributed by atoms with van der Waals surface area (Å²) in [6, 6.07) is 3.61. The molecule has 0 spiro atoms. The average Bonchev–Trinajstić information content (AvgIpc) is 3.30. The van der Waals surface area contributed by atoms with Crippen molar-refractivity contribution in [3.8, 4) is 10.4 Å². The van der Waals surface area contributed by atoms with Gasteiger partial charge in [0.2, 0.25) is 0 Å². The van der Waals surface area contributed by atoms with Crippen LogP contribution in [0.5, 0.6) is 0 Å². The molecule has 2 amide bonds. The predicted octanol–water partition coefficient (Wildman–Crippen LogP) is 3.06. The number of hydrogen-bond donors (Lipinski definition) is 2. The minimum atomic E-state index is -0.258. The molecule has 0 atom stereocenters. The molecule has 0 aromatic carbocycles. The number of hydrogen-bond acceptors (Lipinski definition) is 5. The molecule has 23 heavy (non-hydrogen) atoms. The van der Waals surface area contributed by atoms with Crippen molar-refractivity contribution in [2.75, 3.05) is 25.1 Å². The van der Waals surface area contributed by atoms with Gasteiger partial charge in [-0.25, -0.2) is 9.78 Å². The number of ether oxygens (including phenoxy) is 1. The van der Waals surface area contributed by atoms with E-state index in [9.17, 15) is 4.79 Å². The number of urea groups is 1. The third kappa shape index (κ3) is 4.74. The highest BCUT2D eigenvalue weighted by Crippen LogP contribution is 2.32. The number of thiazole rings is 1. The van der Waals surface area contributed by atoms with Gasteiger partial charge < -0.3 is 10.1 Å². The minimum absolute atomic E-state index is 0.258. The largest absolute Gasteiger partial charge is 0.379 e. The Hall–Kier alpha value is -1.99. The van der Waals surface area contributed by atoms with E-state index in [-0.39, 0.29) is 6.03 Å². The lowest BCUT2D eigenvalue weighted by atomic mass is 10.2. The molecule has 2 N–H and O–H groups in total. The fourth-order valence-corrected chi connectivity index (χ4v) is 3.08. The Kier molecular flexibility index (Phi) is 5.19. The van der Waals surface area contributed by atoms with Crippen molar-refractivity contribution in [3.05, 3.63) is 30.2 Å². The van der Waals surface area contributed by atoms with Gasteiger partial charge in [0.1, 0.15) is 0 Å². The van der Waals surface area contributed by atoms with E-state index in [1.165, 1.54) is 24.2 Å². The first-order valence-corrected chi connectivity index (χ1v) is 8.54. The van der Waals surface area contributed by atoms with E-state index in [2.05, 4.69) is 20.6 Å². The number of aryl methyl sites for hydroxylation is 1. The Bertz CT molecular complexity index is 655. The standard InChI is InChI=1S/C16H20N4O2S/c1-11-14(13-3-2-6-17-9-13)23-16(19-11)20-15(21)18-7-8-22-10-12-4-5-12/h2-3,6,9,12H,4-5,7-8,10H2,1H3,(H2,18,19,20,21). The van der Waals surface area contributed by atoms with Gasteiger partial charge in [0.15, 0.2) is 5.13 Å². The summed E-state index contributed by atoms with van der Waals surface area (Å²) in [7, 11) is 0. The molecule has 2 aromatic rings. The Morgan fingerprint density at radius 2 is 2.35 bits per heavy atom. The summed E-state index contributed by atoms with van der Waals surface area (Å²) >= 11 is 1.44. The monoisotopic (exact) mass is 332 g/mol. The maximum atomic E-state index is 11.9. The summed E-state index contributed by atoms with van der Waals surface area (Å²) in [6.45, 7) is 3.78. The highest BCUT2D eigenvalue weighted by molar-refractivity contribution is 7.19. The summed E-state index contributed by atoms with van der Waals surface area (Å²) in [5.41, 5.74) is 1.88. The van der Waals surface area contributed by atoms with Crippen LogP contribution in [0, 0.1) is 12.8 Å². The van der Waals surface area contributed by atoms with Gasteiger partial charge in [-0.1, -0.05) is 17.4 Å². The fraction of sp³-hybridized carbons (Fsp3) is 0.438. The van der Waals surface area contributed by atoms with Crippen LogP contribution in [0.25, 0.3) is 10.4 Å². The molecule has 0 aliphatic heterocycles. The topological polar surface area (TPSA) is 76.1 Å². The quantitative estimate of drug-likeness (QED) is 0.764. The van der Waals surface area contributed by atoms with Crippen LogP contribution in [0.15, 0.2) is 24.5 Å². The normalized spacial score (nSPS) is 13.8. The van der Waals surface area contributed by atoms with Crippen LogP contribution >= 0.6 is 11.3 Å². The van der Waals surface area contributed by atoms with Gasteiger partial charge in [-0.05, 0) is 31.7 Å². The number of amides is 2. The zero-order chi connectivity index (χ0) is 16.1. The number of aromatic nitrogens is 2. The lowest BCUT2D eigenvalue weighted by Crippen LogP contribution is -2.31. The molecule has 3 rings (SSSR count). The Morgan fingerprint density at radius 1 is 1.48 bits per heavy atom. The highest BCUT2D eigenvalue weighted by atomic mass is 32.1. The number of carbonyl (C=O) groups is 1. The number of rotatable bonds is 7. The molecule has 1 aliphatic rings. The summed E-state index contributed by atoms with van der Waals surface area (Å²) in [6.07, 6.45) is 6.08. The molecule has 6 nitrogen and oxygen atoms in total. The molecule has 0 radical (unpaired) electrons. The van der Waals surface area contributed by atoms with Crippen LogP contribution in [-0.2, 0) is 4.74 Å². The molecule has 122 valence electrons. The first kappa shape index (κ1) is 15.9. The maximum absolute atomic E-state index is 11.9. The van der Waals surface area contributed by atoms with E-state index in [1.54, 1.807) is 12.4 Å². The third-order valence-corrected chi connectivity index (χ3v) is 4.65. The number of nitrogens with zero attached hydrogens (tertiary/aromatic N) is 2. The number of anilines is 1. The molecule has 0 unspecified atom stereocenters. The smallest absolute Gasteiger partial charge is 0.321 e. The van der Waals surface area contributed by atoms with Crippen LogP contribution in [0.2, 0.25) is 0 Å². The molecule has 7 heteroatoms. The molecule has 1 saturated carbocycles. The molecule has 0 bridgehead atoms. The van der Waals surface area contributed by atoms with Crippen LogP contribution in [0.1, 0.15) is 18.5 Å². The van der Waals surface area contributed by atoms with Crippen LogP contribution in [0.4, 0.5) is 9.93 Å².